The Labute approximate surface area is 172 Å². The number of fused-ring (bicyclic) bond motifs is 1. The minimum absolute atomic E-state index is 0.719. The molecule has 2 aromatic heterocycles. The molecule has 0 aliphatic heterocycles. The van der Waals surface area contributed by atoms with Crippen LogP contribution in [-0.4, -0.2) is 14.6 Å². The van der Waals surface area contributed by atoms with Crippen LogP contribution in [0.4, 0.5) is 0 Å². The number of aryl methyl sites for hydroxylation is 2. The van der Waals surface area contributed by atoms with Gasteiger partial charge in [0.2, 0.25) is 0 Å². The van der Waals surface area contributed by atoms with Crippen LogP contribution in [0.1, 0.15) is 17.0 Å². The SMILES string of the molecule is Cc1cc(SCc2ccc(Cl)cc2)n2nc(C)c(-c3ccc(Cl)cc3)c2n1. The average Bonchev–Trinajstić information content (AvgIpc) is 2.98. The van der Waals surface area contributed by atoms with E-state index in [4.69, 9.17) is 33.3 Å². The number of benzene rings is 2. The standard InChI is InChI=1S/C21H17Cl2N3S/c1-13-11-19(27-12-15-3-7-17(22)8-4-15)26-21(24-13)20(14(2)25-26)16-5-9-18(23)10-6-16/h3-11H,12H2,1-2H3. The highest BCUT2D eigenvalue weighted by Gasteiger charge is 2.16. The summed E-state index contributed by atoms with van der Waals surface area (Å²) in [5, 5.41) is 7.29. The van der Waals surface area contributed by atoms with Gasteiger partial charge in [-0.3, -0.25) is 0 Å². The molecule has 3 nitrogen and oxygen atoms in total. The van der Waals surface area contributed by atoms with Crippen molar-refractivity contribution < 1.29 is 0 Å². The van der Waals surface area contributed by atoms with Gasteiger partial charge < -0.3 is 0 Å². The molecule has 0 radical (unpaired) electrons. The maximum Gasteiger partial charge on any atom is 0.164 e. The molecule has 2 heterocycles. The van der Waals surface area contributed by atoms with Crippen molar-refractivity contribution in [2.75, 3.05) is 0 Å². The molecule has 6 heteroatoms. The fraction of sp³-hybridized carbons (Fsp3) is 0.143. The van der Waals surface area contributed by atoms with E-state index in [-0.39, 0.29) is 0 Å². The van der Waals surface area contributed by atoms with Crippen LogP contribution in [0.2, 0.25) is 10.0 Å². The molecular formula is C21H17Cl2N3S. The fourth-order valence-corrected chi connectivity index (χ4v) is 4.27. The van der Waals surface area contributed by atoms with E-state index in [0.717, 1.165) is 49.0 Å². The highest BCUT2D eigenvalue weighted by molar-refractivity contribution is 7.98. The smallest absolute Gasteiger partial charge is 0.164 e. The summed E-state index contributed by atoms with van der Waals surface area (Å²) in [7, 11) is 0. The second-order valence-corrected chi connectivity index (χ2v) is 8.22. The van der Waals surface area contributed by atoms with E-state index in [1.165, 1.54) is 5.56 Å². The van der Waals surface area contributed by atoms with Crippen molar-refractivity contribution in [2.45, 2.75) is 24.6 Å². The maximum absolute atomic E-state index is 6.04. The molecule has 0 aliphatic rings. The van der Waals surface area contributed by atoms with Crippen molar-refractivity contribution in [3.8, 4) is 11.1 Å². The molecule has 0 unspecified atom stereocenters. The lowest BCUT2D eigenvalue weighted by Gasteiger charge is -2.07. The van der Waals surface area contributed by atoms with Gasteiger partial charge in [0.05, 0.1) is 5.69 Å². The first-order chi connectivity index (χ1) is 13.0. The van der Waals surface area contributed by atoms with Crippen LogP contribution in [0.25, 0.3) is 16.8 Å². The molecule has 0 aliphatic carbocycles. The van der Waals surface area contributed by atoms with Crippen molar-refractivity contribution in [1.82, 2.24) is 14.6 Å². The normalized spacial score (nSPS) is 11.3. The van der Waals surface area contributed by atoms with Gasteiger partial charge in [0.15, 0.2) is 5.65 Å². The van der Waals surface area contributed by atoms with Gasteiger partial charge in [0.25, 0.3) is 0 Å². The topological polar surface area (TPSA) is 30.2 Å². The Morgan fingerprint density at radius 2 is 1.56 bits per heavy atom. The molecule has 0 saturated heterocycles. The summed E-state index contributed by atoms with van der Waals surface area (Å²) in [6, 6.07) is 17.8. The van der Waals surface area contributed by atoms with Crippen LogP contribution in [0, 0.1) is 13.8 Å². The third-order valence-electron chi connectivity index (χ3n) is 4.29. The molecule has 4 rings (SSSR count). The van der Waals surface area contributed by atoms with Gasteiger partial charge in [-0.1, -0.05) is 47.5 Å². The molecule has 27 heavy (non-hydrogen) atoms. The number of nitrogens with zero attached hydrogens (tertiary/aromatic N) is 3. The Hall–Kier alpha value is -2.01. The average molecular weight is 414 g/mol. The molecule has 0 fully saturated rings. The predicted octanol–water partition coefficient (Wildman–Crippen LogP) is 6.61. The monoisotopic (exact) mass is 413 g/mol. The molecular weight excluding hydrogens is 397 g/mol. The number of halogens is 2. The lowest BCUT2D eigenvalue weighted by molar-refractivity contribution is 0.821. The van der Waals surface area contributed by atoms with E-state index in [0.29, 0.717) is 0 Å². The first-order valence-electron chi connectivity index (χ1n) is 8.51. The van der Waals surface area contributed by atoms with E-state index in [1.54, 1.807) is 11.8 Å². The molecule has 0 saturated carbocycles. The second-order valence-electron chi connectivity index (χ2n) is 6.35. The largest absolute Gasteiger partial charge is 0.233 e. The Bertz CT molecular complexity index is 1100. The Balaban J connectivity index is 1.75. The van der Waals surface area contributed by atoms with Crippen LogP contribution in [0.15, 0.2) is 59.6 Å². The molecule has 0 N–H and O–H groups in total. The number of hydrogen-bond donors (Lipinski definition) is 0. The van der Waals surface area contributed by atoms with E-state index < -0.39 is 0 Å². The summed E-state index contributed by atoms with van der Waals surface area (Å²) in [5.74, 6) is 0.838. The number of hydrogen-bond acceptors (Lipinski definition) is 3. The maximum atomic E-state index is 6.04. The van der Waals surface area contributed by atoms with Crippen LogP contribution in [0.3, 0.4) is 0 Å². The summed E-state index contributed by atoms with van der Waals surface area (Å²) < 4.78 is 1.94. The van der Waals surface area contributed by atoms with E-state index in [1.807, 2.05) is 66.9 Å². The van der Waals surface area contributed by atoms with Gasteiger partial charge in [-0.25, -0.2) is 9.50 Å². The molecule has 4 aromatic rings. The van der Waals surface area contributed by atoms with E-state index in [2.05, 4.69) is 6.07 Å². The Morgan fingerprint density at radius 1 is 0.926 bits per heavy atom. The quantitative estimate of drug-likeness (QED) is 0.278. The van der Waals surface area contributed by atoms with E-state index >= 15 is 0 Å². The highest BCUT2D eigenvalue weighted by Crippen LogP contribution is 2.32. The third-order valence-corrected chi connectivity index (χ3v) is 5.86. The van der Waals surface area contributed by atoms with Gasteiger partial charge >= 0.3 is 0 Å². The number of thioether (sulfide) groups is 1. The molecule has 2 aromatic carbocycles. The lowest BCUT2D eigenvalue weighted by atomic mass is 10.1. The van der Waals surface area contributed by atoms with Gasteiger partial charge in [0.1, 0.15) is 5.03 Å². The van der Waals surface area contributed by atoms with Crippen molar-refractivity contribution in [3.63, 3.8) is 0 Å². The summed E-state index contributed by atoms with van der Waals surface area (Å²) in [5.41, 5.74) is 6.12. The van der Waals surface area contributed by atoms with Gasteiger partial charge in [-0.2, -0.15) is 5.10 Å². The number of rotatable bonds is 4. The highest BCUT2D eigenvalue weighted by atomic mass is 35.5. The van der Waals surface area contributed by atoms with Gasteiger partial charge in [-0.15, -0.1) is 11.8 Å². The van der Waals surface area contributed by atoms with Gasteiger partial charge in [0, 0.05) is 27.1 Å². The first-order valence-corrected chi connectivity index (χ1v) is 10.3. The van der Waals surface area contributed by atoms with Gasteiger partial charge in [-0.05, 0) is 55.3 Å². The minimum Gasteiger partial charge on any atom is -0.233 e. The zero-order valence-electron chi connectivity index (χ0n) is 14.9. The third kappa shape index (κ3) is 3.84. The van der Waals surface area contributed by atoms with Crippen molar-refractivity contribution in [2.24, 2.45) is 0 Å². The number of aromatic nitrogens is 3. The van der Waals surface area contributed by atoms with Crippen LogP contribution < -0.4 is 0 Å². The van der Waals surface area contributed by atoms with Crippen molar-refractivity contribution in [3.05, 3.63) is 81.6 Å². The molecule has 0 bridgehead atoms. The predicted molar refractivity (Wildman–Crippen MR) is 114 cm³/mol. The second kappa shape index (κ2) is 7.55. The Morgan fingerprint density at radius 3 is 2.22 bits per heavy atom. The summed E-state index contributed by atoms with van der Waals surface area (Å²) >= 11 is 13.8. The molecule has 0 spiro atoms. The van der Waals surface area contributed by atoms with E-state index in [9.17, 15) is 0 Å². The Kier molecular flexibility index (Phi) is 5.13. The molecule has 136 valence electrons. The van der Waals surface area contributed by atoms with Crippen LogP contribution in [0.5, 0.6) is 0 Å². The van der Waals surface area contributed by atoms with Crippen molar-refractivity contribution in [1.29, 1.82) is 0 Å². The zero-order chi connectivity index (χ0) is 19.0. The molecule has 0 amide bonds. The lowest BCUT2D eigenvalue weighted by Crippen LogP contribution is -1.97. The van der Waals surface area contributed by atoms with Crippen molar-refractivity contribution >= 4 is 40.6 Å². The first kappa shape index (κ1) is 18.4. The zero-order valence-corrected chi connectivity index (χ0v) is 17.2. The minimum atomic E-state index is 0.719. The summed E-state index contributed by atoms with van der Waals surface area (Å²) in [6.45, 7) is 4.03. The van der Waals surface area contributed by atoms with Crippen LogP contribution >= 0.6 is 35.0 Å². The molecule has 0 atom stereocenters. The fourth-order valence-electron chi connectivity index (χ4n) is 3.01. The summed E-state index contributed by atoms with van der Waals surface area (Å²) in [4.78, 5) is 4.76. The van der Waals surface area contributed by atoms with Crippen LogP contribution in [-0.2, 0) is 5.75 Å². The summed E-state index contributed by atoms with van der Waals surface area (Å²) in [6.07, 6.45) is 0.